The van der Waals surface area contributed by atoms with Crippen molar-refractivity contribution in [1.29, 1.82) is 0 Å². The lowest BCUT2D eigenvalue weighted by molar-refractivity contribution is 0.0912. The number of carbonyl (C=O) groups is 1. The second-order valence-corrected chi connectivity index (χ2v) is 6.96. The third kappa shape index (κ3) is 3.57. The highest BCUT2D eigenvalue weighted by Crippen LogP contribution is 2.23. The topological polar surface area (TPSA) is 69.9 Å². The van der Waals surface area contributed by atoms with Crippen molar-refractivity contribution in [2.24, 2.45) is 0 Å². The SMILES string of the molecule is O=C(CSc1nnnn1C[C@@H]1CCCO1)c1cccc2ccccc12. The van der Waals surface area contributed by atoms with Crippen LogP contribution in [0.5, 0.6) is 0 Å². The summed E-state index contributed by atoms with van der Waals surface area (Å²) in [5.41, 5.74) is 0.740. The van der Waals surface area contributed by atoms with Gasteiger partial charge in [0.15, 0.2) is 5.78 Å². The van der Waals surface area contributed by atoms with Crippen molar-refractivity contribution >= 4 is 28.3 Å². The van der Waals surface area contributed by atoms with Crippen LogP contribution in [-0.4, -0.2) is 44.5 Å². The molecule has 0 spiro atoms. The fourth-order valence-electron chi connectivity index (χ4n) is 3.07. The third-order valence-corrected chi connectivity index (χ3v) is 5.28. The van der Waals surface area contributed by atoms with Crippen LogP contribution in [0.15, 0.2) is 47.6 Å². The van der Waals surface area contributed by atoms with Gasteiger partial charge in [0, 0.05) is 12.2 Å². The van der Waals surface area contributed by atoms with Crippen LogP contribution in [0.4, 0.5) is 0 Å². The van der Waals surface area contributed by atoms with Crippen molar-refractivity contribution in [3.05, 3.63) is 48.0 Å². The van der Waals surface area contributed by atoms with Gasteiger partial charge in [-0.1, -0.05) is 54.2 Å². The van der Waals surface area contributed by atoms with E-state index < -0.39 is 0 Å². The first-order chi connectivity index (χ1) is 12.3. The Labute approximate surface area is 149 Å². The highest BCUT2D eigenvalue weighted by atomic mass is 32.2. The minimum atomic E-state index is 0.0773. The van der Waals surface area contributed by atoms with Gasteiger partial charge in [-0.3, -0.25) is 4.79 Å². The highest BCUT2D eigenvalue weighted by molar-refractivity contribution is 7.99. The third-order valence-electron chi connectivity index (χ3n) is 4.32. The largest absolute Gasteiger partial charge is 0.376 e. The van der Waals surface area contributed by atoms with Crippen LogP contribution < -0.4 is 0 Å². The number of thioether (sulfide) groups is 1. The van der Waals surface area contributed by atoms with E-state index in [0.717, 1.165) is 35.8 Å². The van der Waals surface area contributed by atoms with Gasteiger partial charge in [0.2, 0.25) is 5.16 Å². The molecule has 7 heteroatoms. The number of rotatable bonds is 6. The zero-order valence-electron chi connectivity index (χ0n) is 13.7. The minimum Gasteiger partial charge on any atom is -0.376 e. The molecule has 1 aliphatic rings. The van der Waals surface area contributed by atoms with Gasteiger partial charge in [0.1, 0.15) is 0 Å². The van der Waals surface area contributed by atoms with Gasteiger partial charge in [0.05, 0.1) is 18.4 Å². The Bertz CT molecular complexity index is 884. The van der Waals surface area contributed by atoms with Crippen LogP contribution >= 0.6 is 11.8 Å². The zero-order chi connectivity index (χ0) is 17.1. The van der Waals surface area contributed by atoms with Crippen LogP contribution in [0.3, 0.4) is 0 Å². The van der Waals surface area contributed by atoms with E-state index in [1.165, 1.54) is 11.8 Å². The molecule has 0 N–H and O–H groups in total. The molecule has 0 amide bonds. The molecule has 1 atom stereocenters. The highest BCUT2D eigenvalue weighted by Gasteiger charge is 2.19. The number of tetrazole rings is 1. The standard InChI is InChI=1S/C18H18N4O2S/c23-17(16-9-3-6-13-5-1-2-8-15(13)16)12-25-18-19-20-21-22(18)11-14-7-4-10-24-14/h1-3,5-6,8-9,14H,4,7,10-12H2/t14-/m0/s1. The molecular weight excluding hydrogens is 336 g/mol. The normalized spacial score (nSPS) is 17.2. The molecule has 0 unspecified atom stereocenters. The number of fused-ring (bicyclic) bond motifs is 1. The molecule has 2 aromatic carbocycles. The first-order valence-electron chi connectivity index (χ1n) is 8.33. The van der Waals surface area contributed by atoms with Crippen molar-refractivity contribution in [3.63, 3.8) is 0 Å². The molecule has 1 aliphatic heterocycles. The van der Waals surface area contributed by atoms with Gasteiger partial charge in [0.25, 0.3) is 0 Å². The van der Waals surface area contributed by atoms with Crippen LogP contribution in [0.25, 0.3) is 10.8 Å². The molecule has 6 nitrogen and oxygen atoms in total. The van der Waals surface area contributed by atoms with E-state index in [4.69, 9.17) is 4.74 Å². The van der Waals surface area contributed by atoms with Gasteiger partial charge >= 0.3 is 0 Å². The first-order valence-corrected chi connectivity index (χ1v) is 9.31. The van der Waals surface area contributed by atoms with E-state index in [-0.39, 0.29) is 11.9 Å². The van der Waals surface area contributed by atoms with E-state index in [1.54, 1.807) is 4.68 Å². The monoisotopic (exact) mass is 354 g/mol. The summed E-state index contributed by atoms with van der Waals surface area (Å²) in [5.74, 6) is 0.383. The van der Waals surface area contributed by atoms with Crippen molar-refractivity contribution < 1.29 is 9.53 Å². The second kappa shape index (κ2) is 7.33. The predicted octanol–water partition coefficient (Wildman–Crippen LogP) is 2.98. The van der Waals surface area contributed by atoms with Crippen LogP contribution in [0.2, 0.25) is 0 Å². The summed E-state index contributed by atoms with van der Waals surface area (Å²) in [6.07, 6.45) is 2.27. The number of ketones is 1. The Morgan fingerprint density at radius 3 is 3.00 bits per heavy atom. The summed E-state index contributed by atoms with van der Waals surface area (Å²) < 4.78 is 7.36. The van der Waals surface area contributed by atoms with Crippen molar-refractivity contribution in [3.8, 4) is 0 Å². The number of nitrogens with zero attached hydrogens (tertiary/aromatic N) is 4. The minimum absolute atomic E-state index is 0.0773. The number of ether oxygens (including phenoxy) is 1. The summed E-state index contributed by atoms with van der Waals surface area (Å²) in [7, 11) is 0. The summed E-state index contributed by atoms with van der Waals surface area (Å²) in [4.78, 5) is 12.7. The fourth-order valence-corrected chi connectivity index (χ4v) is 3.84. The Morgan fingerprint density at radius 1 is 1.24 bits per heavy atom. The summed E-state index contributed by atoms with van der Waals surface area (Å²) >= 11 is 1.37. The van der Waals surface area contributed by atoms with Crippen LogP contribution in [-0.2, 0) is 11.3 Å². The summed E-state index contributed by atoms with van der Waals surface area (Å²) in [6.45, 7) is 1.44. The maximum absolute atomic E-state index is 12.7. The molecule has 1 saturated heterocycles. The van der Waals surface area contributed by atoms with Gasteiger partial charge < -0.3 is 4.74 Å². The maximum Gasteiger partial charge on any atom is 0.209 e. The van der Waals surface area contributed by atoms with E-state index in [1.807, 2.05) is 42.5 Å². The van der Waals surface area contributed by atoms with Crippen LogP contribution in [0, 0.1) is 0 Å². The molecule has 1 fully saturated rings. The van der Waals surface area contributed by atoms with Crippen molar-refractivity contribution in [2.45, 2.75) is 30.6 Å². The Kier molecular flexibility index (Phi) is 4.76. The quantitative estimate of drug-likeness (QED) is 0.501. The molecule has 2 heterocycles. The molecule has 128 valence electrons. The molecular formula is C18H18N4O2S. The molecule has 0 bridgehead atoms. The van der Waals surface area contributed by atoms with Gasteiger partial charge in [-0.25, -0.2) is 4.68 Å². The Balaban J connectivity index is 1.46. The van der Waals surface area contributed by atoms with E-state index in [2.05, 4.69) is 15.5 Å². The van der Waals surface area contributed by atoms with Crippen LogP contribution in [0.1, 0.15) is 23.2 Å². The van der Waals surface area contributed by atoms with E-state index >= 15 is 0 Å². The van der Waals surface area contributed by atoms with Crippen molar-refractivity contribution in [2.75, 3.05) is 12.4 Å². The van der Waals surface area contributed by atoms with Crippen molar-refractivity contribution in [1.82, 2.24) is 20.2 Å². The maximum atomic E-state index is 12.7. The molecule has 0 radical (unpaired) electrons. The lowest BCUT2D eigenvalue weighted by atomic mass is 10.0. The average molecular weight is 354 g/mol. The Morgan fingerprint density at radius 2 is 2.12 bits per heavy atom. The molecule has 4 rings (SSSR count). The summed E-state index contributed by atoms with van der Waals surface area (Å²) in [6, 6.07) is 13.7. The van der Waals surface area contributed by atoms with Gasteiger partial charge in [-0.2, -0.15) is 0 Å². The molecule has 0 aliphatic carbocycles. The number of benzene rings is 2. The lowest BCUT2D eigenvalue weighted by Gasteiger charge is -2.10. The second-order valence-electron chi connectivity index (χ2n) is 6.02. The fraction of sp³-hybridized carbons (Fsp3) is 0.333. The molecule has 0 saturated carbocycles. The predicted molar refractivity (Wildman–Crippen MR) is 95.8 cm³/mol. The molecule has 1 aromatic heterocycles. The first kappa shape index (κ1) is 16.2. The van der Waals surface area contributed by atoms with Gasteiger partial charge in [-0.15, -0.1) is 5.10 Å². The molecule has 25 heavy (non-hydrogen) atoms. The number of hydrogen-bond acceptors (Lipinski definition) is 6. The number of aromatic nitrogens is 4. The lowest BCUT2D eigenvalue weighted by Crippen LogP contribution is -2.17. The zero-order valence-corrected chi connectivity index (χ0v) is 14.5. The summed E-state index contributed by atoms with van der Waals surface area (Å²) in [5, 5.41) is 14.5. The van der Waals surface area contributed by atoms with E-state index in [9.17, 15) is 4.79 Å². The Hall–Kier alpha value is -2.25. The molecule has 3 aromatic rings. The number of carbonyl (C=O) groups excluding carboxylic acids is 1. The average Bonchev–Trinajstić information content (AvgIpc) is 3.31. The number of hydrogen-bond donors (Lipinski definition) is 0. The van der Waals surface area contributed by atoms with Gasteiger partial charge in [-0.05, 0) is 34.0 Å². The number of Topliss-reactive ketones (excluding diaryl/α,β-unsaturated/α-hetero) is 1. The van der Waals surface area contributed by atoms with E-state index in [0.29, 0.717) is 17.5 Å². The smallest absolute Gasteiger partial charge is 0.209 e.